The summed E-state index contributed by atoms with van der Waals surface area (Å²) in [5.41, 5.74) is 0.393. The first-order chi connectivity index (χ1) is 7.98. The van der Waals surface area contributed by atoms with Gasteiger partial charge >= 0.3 is 0 Å². The summed E-state index contributed by atoms with van der Waals surface area (Å²) in [6.45, 7) is 1.90. The lowest BCUT2D eigenvalue weighted by molar-refractivity contribution is 0.481. The van der Waals surface area contributed by atoms with Crippen molar-refractivity contribution in [2.45, 2.75) is 30.6 Å². The molecule has 2 rings (SSSR count). The van der Waals surface area contributed by atoms with E-state index in [0.717, 1.165) is 18.4 Å². The van der Waals surface area contributed by atoms with Crippen LogP contribution in [-0.2, 0) is 15.6 Å². The van der Waals surface area contributed by atoms with Gasteiger partial charge in [0.15, 0.2) is 0 Å². The van der Waals surface area contributed by atoms with E-state index in [1.165, 1.54) is 0 Å². The fourth-order valence-electron chi connectivity index (χ4n) is 1.75. The number of hydrogen-bond acceptors (Lipinski definition) is 2. The van der Waals surface area contributed by atoms with Crippen LogP contribution in [0, 0.1) is 0 Å². The summed E-state index contributed by atoms with van der Waals surface area (Å²) in [4.78, 5) is 0. The fourth-order valence-corrected chi connectivity index (χ4v) is 4.14. The summed E-state index contributed by atoms with van der Waals surface area (Å²) >= 11 is 3.40. The highest BCUT2D eigenvalue weighted by atomic mass is 79.9. The van der Waals surface area contributed by atoms with Crippen LogP contribution in [0.3, 0.4) is 0 Å². The van der Waals surface area contributed by atoms with E-state index in [1.807, 2.05) is 37.3 Å². The number of nitrogens with one attached hydrogen (secondary N) is 1. The van der Waals surface area contributed by atoms with E-state index in [4.69, 9.17) is 0 Å². The van der Waals surface area contributed by atoms with E-state index in [1.54, 1.807) is 0 Å². The first-order valence-electron chi connectivity index (χ1n) is 5.62. The van der Waals surface area contributed by atoms with Gasteiger partial charge in [0.05, 0.1) is 10.8 Å². The zero-order chi connectivity index (χ0) is 12.5. The van der Waals surface area contributed by atoms with Crippen LogP contribution in [0.25, 0.3) is 0 Å². The average molecular weight is 318 g/mol. The highest BCUT2D eigenvalue weighted by molar-refractivity contribution is 9.09. The third-order valence-corrected chi connectivity index (χ3v) is 6.21. The maximum Gasteiger partial charge on any atom is 0.215 e. The zero-order valence-electron chi connectivity index (χ0n) is 9.69. The lowest BCUT2D eigenvalue weighted by Gasteiger charge is -2.29. The van der Waals surface area contributed by atoms with Crippen LogP contribution in [-0.4, -0.2) is 19.0 Å². The Kier molecular flexibility index (Phi) is 3.61. The Morgan fingerprint density at radius 2 is 1.94 bits per heavy atom. The molecule has 0 spiro atoms. The summed E-state index contributed by atoms with van der Waals surface area (Å²) in [7, 11) is -3.19. The molecule has 0 saturated heterocycles. The Hall–Kier alpha value is -0.390. The van der Waals surface area contributed by atoms with Crippen LogP contribution < -0.4 is 4.72 Å². The predicted molar refractivity (Wildman–Crippen MR) is 72.7 cm³/mol. The summed E-state index contributed by atoms with van der Waals surface area (Å²) in [6, 6.07) is 9.64. The van der Waals surface area contributed by atoms with Crippen LogP contribution in [0.4, 0.5) is 0 Å². The molecule has 0 aliphatic heterocycles. The lowest BCUT2D eigenvalue weighted by Crippen LogP contribution is -2.46. The summed E-state index contributed by atoms with van der Waals surface area (Å²) in [5.74, 6) is 0. The van der Waals surface area contributed by atoms with Crippen molar-refractivity contribution >= 4 is 26.0 Å². The largest absolute Gasteiger partial charge is 0.215 e. The highest BCUT2D eigenvalue weighted by Crippen LogP contribution is 2.31. The number of benzene rings is 1. The van der Waals surface area contributed by atoms with E-state index in [2.05, 4.69) is 20.7 Å². The van der Waals surface area contributed by atoms with Crippen LogP contribution in [0.15, 0.2) is 30.3 Å². The second kappa shape index (κ2) is 4.71. The van der Waals surface area contributed by atoms with E-state index in [-0.39, 0.29) is 5.25 Å². The van der Waals surface area contributed by atoms with E-state index in [9.17, 15) is 8.42 Å². The van der Waals surface area contributed by atoms with Gasteiger partial charge in [0.25, 0.3) is 0 Å². The molecule has 17 heavy (non-hydrogen) atoms. The van der Waals surface area contributed by atoms with Crippen molar-refractivity contribution in [2.75, 3.05) is 5.33 Å². The fraction of sp³-hybridized carbons (Fsp3) is 0.500. The standard InChI is InChI=1S/C12H16BrNO2S/c1-12(9-13,10-5-3-2-4-6-10)14-17(15,16)11-7-8-11/h2-6,11,14H,7-9H2,1H3. The molecule has 1 aromatic carbocycles. The monoisotopic (exact) mass is 317 g/mol. The molecule has 1 saturated carbocycles. The van der Waals surface area contributed by atoms with Gasteiger partial charge in [0.2, 0.25) is 10.0 Å². The molecule has 1 aliphatic rings. The van der Waals surface area contributed by atoms with E-state index in [0.29, 0.717) is 5.33 Å². The van der Waals surface area contributed by atoms with Crippen molar-refractivity contribution in [1.29, 1.82) is 0 Å². The van der Waals surface area contributed by atoms with Crippen molar-refractivity contribution in [3.63, 3.8) is 0 Å². The number of alkyl halides is 1. The maximum absolute atomic E-state index is 12.0. The topological polar surface area (TPSA) is 46.2 Å². The van der Waals surface area contributed by atoms with Crippen molar-refractivity contribution < 1.29 is 8.42 Å². The summed E-state index contributed by atoms with van der Waals surface area (Å²) < 4.78 is 26.8. The Morgan fingerprint density at radius 1 is 1.35 bits per heavy atom. The van der Waals surface area contributed by atoms with Gasteiger partial charge < -0.3 is 0 Å². The SMILES string of the molecule is CC(CBr)(NS(=O)(=O)C1CC1)c1ccccc1. The Morgan fingerprint density at radius 3 is 2.41 bits per heavy atom. The molecular weight excluding hydrogens is 302 g/mol. The smallest absolute Gasteiger partial charge is 0.212 e. The van der Waals surface area contributed by atoms with Gasteiger partial charge in [-0.15, -0.1) is 0 Å². The van der Waals surface area contributed by atoms with Gasteiger partial charge in [0.1, 0.15) is 0 Å². The number of sulfonamides is 1. The Balaban J connectivity index is 2.26. The van der Waals surface area contributed by atoms with Crippen molar-refractivity contribution in [2.24, 2.45) is 0 Å². The number of hydrogen-bond donors (Lipinski definition) is 1. The van der Waals surface area contributed by atoms with Gasteiger partial charge in [0, 0.05) is 5.33 Å². The molecule has 1 atom stereocenters. The van der Waals surface area contributed by atoms with Crippen LogP contribution in [0.2, 0.25) is 0 Å². The number of halogens is 1. The quantitative estimate of drug-likeness (QED) is 0.847. The van der Waals surface area contributed by atoms with Gasteiger partial charge in [-0.25, -0.2) is 13.1 Å². The molecule has 1 unspecified atom stereocenters. The highest BCUT2D eigenvalue weighted by Gasteiger charge is 2.40. The molecular formula is C12H16BrNO2S. The van der Waals surface area contributed by atoms with Crippen LogP contribution in [0.5, 0.6) is 0 Å². The minimum atomic E-state index is -3.19. The molecule has 1 aromatic rings. The van der Waals surface area contributed by atoms with E-state index < -0.39 is 15.6 Å². The third kappa shape index (κ3) is 2.89. The molecule has 0 aromatic heterocycles. The Bertz CT molecular complexity index is 484. The molecule has 1 aliphatic carbocycles. The molecule has 0 heterocycles. The molecule has 1 fully saturated rings. The average Bonchev–Trinajstić information content (AvgIpc) is 3.13. The summed E-state index contributed by atoms with van der Waals surface area (Å²) in [5, 5.41) is 0.361. The van der Waals surface area contributed by atoms with Gasteiger partial charge in [-0.05, 0) is 25.3 Å². The summed E-state index contributed by atoms with van der Waals surface area (Å²) in [6.07, 6.45) is 1.56. The normalized spacial score (nSPS) is 19.9. The first kappa shape index (κ1) is 13.1. The molecule has 0 radical (unpaired) electrons. The molecule has 0 amide bonds. The first-order valence-corrected chi connectivity index (χ1v) is 8.29. The van der Waals surface area contributed by atoms with Crippen molar-refractivity contribution in [3.05, 3.63) is 35.9 Å². The minimum Gasteiger partial charge on any atom is -0.212 e. The molecule has 3 nitrogen and oxygen atoms in total. The van der Waals surface area contributed by atoms with E-state index >= 15 is 0 Å². The molecule has 0 bridgehead atoms. The van der Waals surface area contributed by atoms with Crippen LogP contribution >= 0.6 is 15.9 Å². The van der Waals surface area contributed by atoms with Gasteiger partial charge in [-0.2, -0.15) is 0 Å². The Labute approximate surface area is 111 Å². The van der Waals surface area contributed by atoms with Crippen molar-refractivity contribution in [1.82, 2.24) is 4.72 Å². The second-order valence-electron chi connectivity index (χ2n) is 4.68. The maximum atomic E-state index is 12.0. The van der Waals surface area contributed by atoms with Gasteiger partial charge in [-0.1, -0.05) is 46.3 Å². The molecule has 94 valence electrons. The second-order valence-corrected chi connectivity index (χ2v) is 7.20. The zero-order valence-corrected chi connectivity index (χ0v) is 12.1. The molecule has 1 N–H and O–H groups in total. The predicted octanol–water partition coefficient (Wildman–Crippen LogP) is 2.38. The molecule has 5 heteroatoms. The van der Waals surface area contributed by atoms with Crippen LogP contribution in [0.1, 0.15) is 25.3 Å². The number of rotatable bonds is 5. The lowest BCUT2D eigenvalue weighted by atomic mass is 9.96. The van der Waals surface area contributed by atoms with Crippen molar-refractivity contribution in [3.8, 4) is 0 Å². The minimum absolute atomic E-state index is 0.190. The third-order valence-electron chi connectivity index (χ3n) is 3.01. The van der Waals surface area contributed by atoms with Gasteiger partial charge in [-0.3, -0.25) is 0 Å².